The number of amides is 2. The standard InChI is InChI=1S/C29H36N2O3S/c1-3-4-6-10-24-14-16-26(17-15-24)29(33)30(18-19-34-2)23-28(32)31(22-27-13-9-20-35-27)21-25-11-7-5-8-12-25/h5,7-9,11-17,20H,3-4,6,10,18-19,21-23H2,1-2H3. The lowest BCUT2D eigenvalue weighted by molar-refractivity contribution is -0.133. The molecule has 0 aliphatic rings. The van der Waals surface area contributed by atoms with E-state index in [0.717, 1.165) is 23.3 Å². The van der Waals surface area contributed by atoms with E-state index in [9.17, 15) is 9.59 Å². The zero-order chi connectivity index (χ0) is 24.9. The molecule has 1 aromatic heterocycles. The van der Waals surface area contributed by atoms with Crippen molar-refractivity contribution in [3.63, 3.8) is 0 Å². The van der Waals surface area contributed by atoms with Gasteiger partial charge in [0.2, 0.25) is 5.91 Å². The Bertz CT molecular complexity index is 1020. The van der Waals surface area contributed by atoms with Crippen LogP contribution in [0.15, 0.2) is 72.1 Å². The maximum Gasteiger partial charge on any atom is 0.254 e. The molecular weight excluding hydrogens is 456 g/mol. The third-order valence-corrected chi connectivity index (χ3v) is 6.81. The average Bonchev–Trinajstić information content (AvgIpc) is 3.40. The van der Waals surface area contributed by atoms with Crippen molar-refractivity contribution in [2.45, 2.75) is 45.7 Å². The molecule has 0 aliphatic carbocycles. The fraction of sp³-hybridized carbons (Fsp3) is 0.379. The van der Waals surface area contributed by atoms with E-state index in [-0.39, 0.29) is 18.4 Å². The van der Waals surface area contributed by atoms with Crippen molar-refractivity contribution in [2.24, 2.45) is 0 Å². The van der Waals surface area contributed by atoms with Crippen LogP contribution < -0.4 is 0 Å². The van der Waals surface area contributed by atoms with Crippen molar-refractivity contribution >= 4 is 23.2 Å². The van der Waals surface area contributed by atoms with Gasteiger partial charge in [0.1, 0.15) is 6.54 Å². The minimum absolute atomic E-state index is 0.0126. The number of hydrogen-bond donors (Lipinski definition) is 0. The normalized spacial score (nSPS) is 10.8. The topological polar surface area (TPSA) is 49.9 Å². The number of benzene rings is 2. The summed E-state index contributed by atoms with van der Waals surface area (Å²) in [6, 6.07) is 21.8. The number of thiophene rings is 1. The summed E-state index contributed by atoms with van der Waals surface area (Å²) in [7, 11) is 1.61. The summed E-state index contributed by atoms with van der Waals surface area (Å²) in [5.41, 5.74) is 2.89. The third kappa shape index (κ3) is 8.64. The van der Waals surface area contributed by atoms with Crippen LogP contribution in [0.4, 0.5) is 0 Å². The quantitative estimate of drug-likeness (QED) is 0.267. The first-order valence-corrected chi connectivity index (χ1v) is 13.2. The van der Waals surface area contributed by atoms with E-state index >= 15 is 0 Å². The molecule has 0 saturated carbocycles. The van der Waals surface area contributed by atoms with Crippen LogP contribution in [-0.4, -0.2) is 48.4 Å². The Hall–Kier alpha value is -2.96. The van der Waals surface area contributed by atoms with Crippen LogP contribution in [-0.2, 0) is 29.0 Å². The van der Waals surface area contributed by atoms with Gasteiger partial charge in [-0.05, 0) is 47.5 Å². The predicted molar refractivity (Wildman–Crippen MR) is 142 cm³/mol. The molecule has 0 bridgehead atoms. The van der Waals surface area contributed by atoms with E-state index < -0.39 is 0 Å². The highest BCUT2D eigenvalue weighted by atomic mass is 32.1. The number of unbranched alkanes of at least 4 members (excludes halogenated alkanes) is 2. The second kappa shape index (κ2) is 14.4. The number of nitrogens with zero attached hydrogens (tertiary/aromatic N) is 2. The Morgan fingerprint density at radius 1 is 0.857 bits per heavy atom. The van der Waals surface area contributed by atoms with Crippen molar-refractivity contribution in [1.82, 2.24) is 9.80 Å². The molecule has 1 heterocycles. The molecule has 0 atom stereocenters. The maximum atomic E-state index is 13.5. The molecule has 186 valence electrons. The molecule has 0 aliphatic heterocycles. The Labute approximate surface area is 213 Å². The summed E-state index contributed by atoms with van der Waals surface area (Å²) in [6.45, 7) is 3.95. The van der Waals surface area contributed by atoms with Gasteiger partial charge in [0.05, 0.1) is 13.2 Å². The molecule has 35 heavy (non-hydrogen) atoms. The lowest BCUT2D eigenvalue weighted by Gasteiger charge is -2.27. The van der Waals surface area contributed by atoms with Crippen molar-refractivity contribution < 1.29 is 14.3 Å². The highest BCUT2D eigenvalue weighted by Gasteiger charge is 2.23. The van der Waals surface area contributed by atoms with Crippen LogP contribution in [0.5, 0.6) is 0 Å². The summed E-state index contributed by atoms with van der Waals surface area (Å²) in [4.78, 5) is 31.4. The van der Waals surface area contributed by atoms with Gasteiger partial charge in [-0.25, -0.2) is 0 Å². The lowest BCUT2D eigenvalue weighted by Crippen LogP contribution is -2.43. The van der Waals surface area contributed by atoms with E-state index in [0.29, 0.717) is 31.8 Å². The molecule has 0 saturated heterocycles. The second-order valence-electron chi connectivity index (χ2n) is 8.69. The van der Waals surface area contributed by atoms with E-state index in [1.807, 2.05) is 77.0 Å². The summed E-state index contributed by atoms with van der Waals surface area (Å²) in [6.07, 6.45) is 4.57. The minimum atomic E-state index is -0.147. The number of rotatable bonds is 14. The molecule has 3 aromatic rings. The van der Waals surface area contributed by atoms with Crippen LogP contribution in [0, 0.1) is 0 Å². The number of methoxy groups -OCH3 is 1. The van der Waals surface area contributed by atoms with Crippen LogP contribution >= 0.6 is 11.3 Å². The van der Waals surface area contributed by atoms with Gasteiger partial charge in [-0.15, -0.1) is 11.3 Å². The molecule has 6 heteroatoms. The largest absolute Gasteiger partial charge is 0.383 e. The van der Waals surface area contributed by atoms with Crippen molar-refractivity contribution in [3.8, 4) is 0 Å². The Morgan fingerprint density at radius 2 is 1.63 bits per heavy atom. The van der Waals surface area contributed by atoms with Gasteiger partial charge in [0.25, 0.3) is 5.91 Å². The molecule has 2 aromatic carbocycles. The average molecular weight is 493 g/mol. The third-order valence-electron chi connectivity index (χ3n) is 5.94. The molecule has 2 amide bonds. The van der Waals surface area contributed by atoms with Gasteiger partial charge in [0.15, 0.2) is 0 Å². The summed E-state index contributed by atoms with van der Waals surface area (Å²) >= 11 is 1.63. The first kappa shape index (κ1) is 26.6. The first-order valence-electron chi connectivity index (χ1n) is 12.3. The van der Waals surface area contributed by atoms with Crippen LogP contribution in [0.2, 0.25) is 0 Å². The SMILES string of the molecule is CCCCCc1ccc(C(=O)N(CCOC)CC(=O)N(Cc2ccccc2)Cc2cccs2)cc1. The molecule has 0 unspecified atom stereocenters. The number of aryl methyl sites for hydroxylation is 1. The van der Waals surface area contributed by atoms with Crippen LogP contribution in [0.3, 0.4) is 0 Å². The summed E-state index contributed by atoms with van der Waals surface area (Å²) < 4.78 is 5.24. The zero-order valence-corrected chi connectivity index (χ0v) is 21.6. The molecule has 0 N–H and O–H groups in total. The molecule has 0 radical (unpaired) electrons. The van der Waals surface area contributed by atoms with Crippen LogP contribution in [0.25, 0.3) is 0 Å². The van der Waals surface area contributed by atoms with Crippen molar-refractivity contribution in [3.05, 3.63) is 93.7 Å². The lowest BCUT2D eigenvalue weighted by atomic mass is 10.0. The molecule has 5 nitrogen and oxygen atoms in total. The number of ether oxygens (including phenoxy) is 1. The van der Waals surface area contributed by atoms with Crippen molar-refractivity contribution in [1.29, 1.82) is 0 Å². The van der Waals surface area contributed by atoms with E-state index in [1.54, 1.807) is 23.3 Å². The maximum absolute atomic E-state index is 13.5. The first-order chi connectivity index (χ1) is 17.1. The smallest absolute Gasteiger partial charge is 0.254 e. The van der Waals surface area contributed by atoms with Gasteiger partial charge in [-0.2, -0.15) is 0 Å². The number of hydrogen-bond acceptors (Lipinski definition) is 4. The molecule has 0 spiro atoms. The fourth-order valence-electron chi connectivity index (χ4n) is 3.92. The molecule has 0 fully saturated rings. The van der Waals surface area contributed by atoms with Gasteiger partial charge in [0, 0.05) is 30.6 Å². The van der Waals surface area contributed by atoms with Gasteiger partial charge >= 0.3 is 0 Å². The highest BCUT2D eigenvalue weighted by Crippen LogP contribution is 2.16. The number of carbonyl (C=O) groups is 2. The van der Waals surface area contributed by atoms with Gasteiger partial charge in [-0.1, -0.05) is 68.3 Å². The number of carbonyl (C=O) groups excluding carboxylic acids is 2. The second-order valence-corrected chi connectivity index (χ2v) is 9.72. The Kier molecular flexibility index (Phi) is 11.0. The monoisotopic (exact) mass is 492 g/mol. The Morgan fingerprint density at radius 3 is 2.29 bits per heavy atom. The Balaban J connectivity index is 1.72. The van der Waals surface area contributed by atoms with E-state index in [2.05, 4.69) is 6.92 Å². The highest BCUT2D eigenvalue weighted by molar-refractivity contribution is 7.09. The van der Waals surface area contributed by atoms with Gasteiger partial charge in [-0.3, -0.25) is 9.59 Å². The van der Waals surface area contributed by atoms with Gasteiger partial charge < -0.3 is 14.5 Å². The zero-order valence-electron chi connectivity index (χ0n) is 20.8. The van der Waals surface area contributed by atoms with E-state index in [1.165, 1.54) is 18.4 Å². The van der Waals surface area contributed by atoms with Crippen LogP contribution in [0.1, 0.15) is 52.5 Å². The fourth-order valence-corrected chi connectivity index (χ4v) is 4.64. The van der Waals surface area contributed by atoms with Crippen molar-refractivity contribution in [2.75, 3.05) is 26.8 Å². The molecular formula is C29H36N2O3S. The molecule has 3 rings (SSSR count). The minimum Gasteiger partial charge on any atom is -0.383 e. The van der Waals surface area contributed by atoms with E-state index in [4.69, 9.17) is 4.74 Å². The summed E-state index contributed by atoms with van der Waals surface area (Å²) in [5, 5.41) is 2.01. The summed E-state index contributed by atoms with van der Waals surface area (Å²) in [5.74, 6) is -0.228. The predicted octanol–water partition coefficient (Wildman–Crippen LogP) is 5.80.